The van der Waals surface area contributed by atoms with E-state index in [1.807, 2.05) is 78.7 Å². The Balaban J connectivity index is 1.30. The molecule has 0 radical (unpaired) electrons. The highest BCUT2D eigenvalue weighted by molar-refractivity contribution is 5.98. The molecule has 0 fully saturated rings. The van der Waals surface area contributed by atoms with E-state index in [0.717, 1.165) is 46.6 Å². The van der Waals surface area contributed by atoms with Gasteiger partial charge in [-0.25, -0.2) is 0 Å². The summed E-state index contributed by atoms with van der Waals surface area (Å²) in [5, 5.41) is 4.67. The summed E-state index contributed by atoms with van der Waals surface area (Å²) >= 11 is 0. The maximum Gasteiger partial charge on any atom is 0.237 e. The van der Waals surface area contributed by atoms with Gasteiger partial charge >= 0.3 is 0 Å². The van der Waals surface area contributed by atoms with E-state index in [-0.39, 0.29) is 12.0 Å². The summed E-state index contributed by atoms with van der Waals surface area (Å²) in [4.78, 5) is 23.6. The molecule has 46 heavy (non-hydrogen) atoms. The van der Waals surface area contributed by atoms with Crippen LogP contribution in [0.5, 0.6) is 0 Å². The van der Waals surface area contributed by atoms with Crippen LogP contribution in [0.3, 0.4) is 0 Å². The third-order valence-corrected chi connectivity index (χ3v) is 8.80. The molecule has 7 nitrogen and oxygen atoms in total. The largest absolute Gasteiger partial charge is 0.378 e. The highest BCUT2D eigenvalue weighted by Crippen LogP contribution is 2.37. The lowest BCUT2D eigenvalue weighted by atomic mass is 9.79. The van der Waals surface area contributed by atoms with Crippen molar-refractivity contribution in [3.05, 3.63) is 143 Å². The van der Waals surface area contributed by atoms with Gasteiger partial charge in [-0.05, 0) is 65.3 Å². The van der Waals surface area contributed by atoms with Crippen LogP contribution in [0.15, 0.2) is 110 Å². The van der Waals surface area contributed by atoms with Gasteiger partial charge in [-0.1, -0.05) is 80.6 Å². The van der Waals surface area contributed by atoms with E-state index >= 15 is 0 Å². The first-order valence-corrected chi connectivity index (χ1v) is 16.1. The van der Waals surface area contributed by atoms with Gasteiger partial charge in [0.1, 0.15) is 0 Å². The molecule has 2 aromatic heterocycles. The fraction of sp³-hybridized carbons (Fsp3) is 0.308. The Hall–Kier alpha value is -4.75. The molecule has 1 amide bonds. The molecule has 3 aromatic carbocycles. The number of aryl methyl sites for hydroxylation is 1. The number of nitrogens with zero attached hydrogens (tertiary/aromatic N) is 5. The maximum absolute atomic E-state index is 14.9. The van der Waals surface area contributed by atoms with Crippen molar-refractivity contribution >= 4 is 17.3 Å². The van der Waals surface area contributed by atoms with Crippen LogP contribution in [0.2, 0.25) is 0 Å². The van der Waals surface area contributed by atoms with Crippen LogP contribution in [0.4, 0.5) is 11.4 Å². The van der Waals surface area contributed by atoms with Gasteiger partial charge in [0.15, 0.2) is 0 Å². The van der Waals surface area contributed by atoms with Gasteiger partial charge in [-0.3, -0.25) is 14.5 Å². The molecule has 0 saturated carbocycles. The second kappa shape index (κ2) is 14.1. The molecule has 0 spiro atoms. The van der Waals surface area contributed by atoms with Crippen molar-refractivity contribution in [3.63, 3.8) is 0 Å². The van der Waals surface area contributed by atoms with Crippen molar-refractivity contribution in [2.75, 3.05) is 23.9 Å². The summed E-state index contributed by atoms with van der Waals surface area (Å²) in [5.74, 6) is -0.135. The van der Waals surface area contributed by atoms with Crippen molar-refractivity contribution in [2.24, 2.45) is 0 Å². The quantitative estimate of drug-likeness (QED) is 0.156. The van der Waals surface area contributed by atoms with Crippen molar-refractivity contribution in [1.29, 1.82) is 0 Å². The predicted molar refractivity (Wildman–Crippen MR) is 184 cm³/mol. The van der Waals surface area contributed by atoms with Gasteiger partial charge in [0, 0.05) is 37.2 Å². The van der Waals surface area contributed by atoms with Crippen molar-refractivity contribution < 1.29 is 9.53 Å². The molecule has 0 aliphatic heterocycles. The number of pyridine rings is 1. The Morgan fingerprint density at radius 1 is 0.870 bits per heavy atom. The van der Waals surface area contributed by atoms with Crippen LogP contribution >= 0.6 is 0 Å². The summed E-state index contributed by atoms with van der Waals surface area (Å²) in [5.41, 5.74) is 8.40. The topological polar surface area (TPSA) is 63.5 Å². The number of rotatable bonds is 11. The van der Waals surface area contributed by atoms with E-state index in [4.69, 9.17) is 9.72 Å². The first kappa shape index (κ1) is 31.2. The van der Waals surface area contributed by atoms with Gasteiger partial charge < -0.3 is 14.5 Å². The summed E-state index contributed by atoms with van der Waals surface area (Å²) in [6.07, 6.45) is 7.14. The molecule has 2 heterocycles. The zero-order valence-electron chi connectivity index (χ0n) is 27.2. The minimum atomic E-state index is -0.441. The monoisotopic (exact) mass is 613 g/mol. The lowest BCUT2D eigenvalue weighted by Crippen LogP contribution is -2.42. The van der Waals surface area contributed by atoms with Crippen LogP contribution < -0.4 is 9.80 Å². The Labute approximate surface area is 272 Å². The molecule has 1 aliphatic rings. The third kappa shape index (κ3) is 7.21. The minimum absolute atomic E-state index is 0.0105. The summed E-state index contributed by atoms with van der Waals surface area (Å²) in [6.45, 7) is 5.75. The summed E-state index contributed by atoms with van der Waals surface area (Å²) in [6, 6.07) is 31.0. The van der Waals surface area contributed by atoms with Gasteiger partial charge in [-0.2, -0.15) is 5.10 Å². The van der Waals surface area contributed by atoms with E-state index in [9.17, 15) is 4.79 Å². The van der Waals surface area contributed by atoms with E-state index in [2.05, 4.69) is 78.4 Å². The van der Waals surface area contributed by atoms with Gasteiger partial charge in [-0.15, -0.1) is 0 Å². The average molecular weight is 614 g/mol. The van der Waals surface area contributed by atoms with Gasteiger partial charge in [0.2, 0.25) is 5.91 Å². The number of anilines is 2. The molecule has 7 heteroatoms. The van der Waals surface area contributed by atoms with Gasteiger partial charge in [0.25, 0.3) is 0 Å². The Kier molecular flexibility index (Phi) is 9.60. The summed E-state index contributed by atoms with van der Waals surface area (Å²) in [7, 11) is 4.08. The first-order valence-electron chi connectivity index (χ1n) is 16.1. The number of hydrogen-bond acceptors (Lipinski definition) is 5. The zero-order chi connectivity index (χ0) is 32.0. The van der Waals surface area contributed by atoms with Crippen LogP contribution in [0.1, 0.15) is 65.6 Å². The normalized spacial score (nSPS) is 15.8. The molecular weight excluding hydrogens is 570 g/mol. The molecule has 0 N–H and O–H groups in total. The van der Waals surface area contributed by atoms with Crippen LogP contribution in [-0.2, 0) is 35.6 Å². The average Bonchev–Trinajstić information content (AvgIpc) is 3.53. The van der Waals surface area contributed by atoms with Crippen LogP contribution in [0, 0.1) is 0 Å². The van der Waals surface area contributed by atoms with E-state index in [1.54, 1.807) is 0 Å². The predicted octanol–water partition coefficient (Wildman–Crippen LogP) is 7.36. The Bertz CT molecular complexity index is 1730. The highest BCUT2D eigenvalue weighted by atomic mass is 16.5. The Morgan fingerprint density at radius 2 is 1.61 bits per heavy atom. The van der Waals surface area contributed by atoms with E-state index in [1.165, 1.54) is 11.1 Å². The number of aromatic nitrogens is 3. The van der Waals surface area contributed by atoms with Crippen molar-refractivity contribution in [2.45, 2.75) is 64.3 Å². The standard InChI is InChI=1S/C39H43N5O2/c1-28(2)36-20-19-34(23-40-36)44(26-31-22-41-43(25-31)24-29-14-17-33(18-15-29)42(3)4)39(45)38-35-13-9-8-12-32(35)16-21-37(38)46-27-30-10-6-5-7-11-30/h5-15,17-20,22-23,25,28,37-38H,16,21,24,26-27H2,1-4H3. The number of hydrogen-bond donors (Lipinski definition) is 0. The fourth-order valence-corrected chi connectivity index (χ4v) is 6.19. The Morgan fingerprint density at radius 3 is 2.33 bits per heavy atom. The van der Waals surface area contributed by atoms with Crippen LogP contribution in [-0.4, -0.2) is 40.9 Å². The smallest absolute Gasteiger partial charge is 0.237 e. The molecule has 0 saturated heterocycles. The molecule has 0 bridgehead atoms. The molecule has 1 aliphatic carbocycles. The summed E-state index contributed by atoms with van der Waals surface area (Å²) < 4.78 is 8.49. The SMILES string of the molecule is CC(C)c1ccc(N(Cc2cnn(Cc3ccc(N(C)C)cc3)c2)C(=O)C2c3ccccc3CCC2OCc2ccccc2)cn1. The number of ether oxygens (including phenoxy) is 1. The van der Waals surface area contributed by atoms with Gasteiger partial charge in [0.05, 0.1) is 49.8 Å². The first-order chi connectivity index (χ1) is 22.4. The van der Waals surface area contributed by atoms with Crippen molar-refractivity contribution in [3.8, 4) is 0 Å². The van der Waals surface area contributed by atoms with E-state index < -0.39 is 5.92 Å². The number of carbonyl (C=O) groups excluding carboxylic acids is 1. The molecule has 5 aromatic rings. The van der Waals surface area contributed by atoms with Crippen LogP contribution in [0.25, 0.3) is 0 Å². The second-order valence-corrected chi connectivity index (χ2v) is 12.7. The molecular formula is C39H43N5O2. The lowest BCUT2D eigenvalue weighted by Gasteiger charge is -2.36. The zero-order valence-corrected chi connectivity index (χ0v) is 27.2. The third-order valence-electron chi connectivity index (χ3n) is 8.80. The number of carbonyl (C=O) groups is 1. The number of fused-ring (bicyclic) bond motifs is 1. The van der Waals surface area contributed by atoms with Crippen molar-refractivity contribution in [1.82, 2.24) is 14.8 Å². The molecule has 236 valence electrons. The second-order valence-electron chi connectivity index (χ2n) is 12.7. The minimum Gasteiger partial charge on any atom is -0.378 e. The lowest BCUT2D eigenvalue weighted by molar-refractivity contribution is -0.124. The van der Waals surface area contributed by atoms with E-state index in [0.29, 0.717) is 25.6 Å². The maximum atomic E-state index is 14.9. The fourth-order valence-electron chi connectivity index (χ4n) is 6.19. The number of amides is 1. The molecule has 6 rings (SSSR count). The number of benzene rings is 3. The molecule has 2 atom stereocenters. The molecule has 2 unspecified atom stereocenters. The highest BCUT2D eigenvalue weighted by Gasteiger charge is 2.38.